The number of sulfone groups is 1. The van der Waals surface area contributed by atoms with Gasteiger partial charge in [0.1, 0.15) is 0 Å². The molecule has 0 saturated heterocycles. The van der Waals surface area contributed by atoms with Crippen LogP contribution in [0.4, 0.5) is 0 Å². The van der Waals surface area contributed by atoms with Gasteiger partial charge in [0, 0.05) is 0 Å². The molecule has 19 heavy (non-hydrogen) atoms. The number of rotatable bonds is 2. The molecular weight excluding hydrogens is 256 g/mol. The molecule has 3 heteroatoms. The van der Waals surface area contributed by atoms with Crippen molar-refractivity contribution >= 4 is 9.84 Å². The highest BCUT2D eigenvalue weighted by Crippen LogP contribution is 2.21. The number of aryl methyl sites for hydroxylation is 2. The normalized spacial score (nSPS) is 10.4. The summed E-state index contributed by atoms with van der Waals surface area (Å²) < 4.78 is 24.5. The second kappa shape index (κ2) is 6.34. The summed E-state index contributed by atoms with van der Waals surface area (Å²) in [5.41, 5.74) is 2.10. The molecule has 0 aromatic heterocycles. The molecule has 0 amide bonds. The predicted octanol–water partition coefficient (Wildman–Crippen LogP) is 3.94. The molecule has 0 radical (unpaired) electrons. The average Bonchev–Trinajstić information content (AvgIpc) is 2.42. The molecule has 0 atom stereocenters. The first kappa shape index (κ1) is 15.2. The molecule has 0 fully saturated rings. The smallest absolute Gasteiger partial charge is 0.206 e. The predicted molar refractivity (Wildman–Crippen MR) is 79.1 cm³/mol. The summed E-state index contributed by atoms with van der Waals surface area (Å²) in [4.78, 5) is 0.680. The van der Waals surface area contributed by atoms with Crippen LogP contribution in [0, 0.1) is 13.8 Å². The van der Waals surface area contributed by atoms with Gasteiger partial charge in [-0.3, -0.25) is 0 Å². The summed E-state index contributed by atoms with van der Waals surface area (Å²) in [6.45, 7) is 9.87. The van der Waals surface area contributed by atoms with Crippen LogP contribution in [0.1, 0.15) is 11.1 Å². The Morgan fingerprint density at radius 3 is 1.21 bits per heavy atom. The van der Waals surface area contributed by atoms with E-state index in [1.165, 1.54) is 0 Å². The Labute approximate surface area is 115 Å². The first-order chi connectivity index (χ1) is 9.00. The summed E-state index contributed by atoms with van der Waals surface area (Å²) >= 11 is 0. The molecule has 2 nitrogen and oxygen atoms in total. The van der Waals surface area contributed by atoms with Gasteiger partial charge in [0.25, 0.3) is 0 Å². The molecule has 0 unspecified atom stereocenters. The van der Waals surface area contributed by atoms with Crippen molar-refractivity contribution in [2.75, 3.05) is 0 Å². The third-order valence-corrected chi connectivity index (χ3v) is 4.45. The Bertz CT molecular complexity index is 572. The maximum Gasteiger partial charge on any atom is 0.206 e. The van der Waals surface area contributed by atoms with Crippen molar-refractivity contribution in [2.24, 2.45) is 0 Å². The summed E-state index contributed by atoms with van der Waals surface area (Å²) in [7, 11) is -3.37. The molecule has 2 rings (SSSR count). The van der Waals surface area contributed by atoms with E-state index in [0.717, 1.165) is 11.1 Å². The molecule has 0 aliphatic carbocycles. The Hall–Kier alpha value is -1.87. The van der Waals surface area contributed by atoms with Crippen LogP contribution in [0.15, 0.2) is 71.5 Å². The van der Waals surface area contributed by atoms with Gasteiger partial charge in [0.2, 0.25) is 9.84 Å². The molecule has 0 N–H and O–H groups in total. The maximum absolute atomic E-state index is 12.3. The first-order valence-corrected chi connectivity index (χ1v) is 7.37. The van der Waals surface area contributed by atoms with Crippen molar-refractivity contribution in [3.05, 3.63) is 72.8 Å². The topological polar surface area (TPSA) is 34.1 Å². The van der Waals surface area contributed by atoms with Gasteiger partial charge < -0.3 is 0 Å². The monoisotopic (exact) mass is 274 g/mol. The SMILES string of the molecule is C=C.Cc1ccc(S(=O)(=O)c2ccc(C)cc2)cc1. The van der Waals surface area contributed by atoms with Crippen LogP contribution in [-0.4, -0.2) is 8.42 Å². The van der Waals surface area contributed by atoms with Gasteiger partial charge >= 0.3 is 0 Å². The number of hydrogen-bond donors (Lipinski definition) is 0. The zero-order chi connectivity index (χ0) is 14.5. The van der Waals surface area contributed by atoms with Gasteiger partial charge in [0.15, 0.2) is 0 Å². The largest absolute Gasteiger partial charge is 0.219 e. The van der Waals surface area contributed by atoms with Crippen LogP contribution >= 0.6 is 0 Å². The van der Waals surface area contributed by atoms with E-state index in [1.807, 2.05) is 13.8 Å². The molecular formula is C16H18O2S. The van der Waals surface area contributed by atoms with E-state index >= 15 is 0 Å². The van der Waals surface area contributed by atoms with E-state index in [4.69, 9.17) is 0 Å². The zero-order valence-electron chi connectivity index (χ0n) is 11.3. The van der Waals surface area contributed by atoms with Gasteiger partial charge in [-0.2, -0.15) is 0 Å². The average molecular weight is 274 g/mol. The van der Waals surface area contributed by atoms with E-state index < -0.39 is 9.84 Å². The quantitative estimate of drug-likeness (QED) is 0.777. The summed E-state index contributed by atoms with van der Waals surface area (Å²) in [6, 6.07) is 13.8. The molecule has 2 aromatic rings. The molecule has 0 aliphatic rings. The van der Waals surface area contributed by atoms with Crippen molar-refractivity contribution < 1.29 is 8.42 Å². The van der Waals surface area contributed by atoms with Crippen LogP contribution in [0.3, 0.4) is 0 Å². The number of hydrogen-bond acceptors (Lipinski definition) is 2. The van der Waals surface area contributed by atoms with Crippen LogP contribution in [0.5, 0.6) is 0 Å². The third-order valence-electron chi connectivity index (χ3n) is 2.66. The lowest BCUT2D eigenvalue weighted by molar-refractivity contribution is 0.596. The van der Waals surface area contributed by atoms with E-state index in [1.54, 1.807) is 48.5 Å². The second-order valence-electron chi connectivity index (χ2n) is 4.13. The van der Waals surface area contributed by atoms with Crippen molar-refractivity contribution in [1.82, 2.24) is 0 Å². The molecule has 100 valence electrons. The lowest BCUT2D eigenvalue weighted by Gasteiger charge is -2.05. The lowest BCUT2D eigenvalue weighted by atomic mass is 10.2. The Morgan fingerprint density at radius 1 is 0.684 bits per heavy atom. The fourth-order valence-corrected chi connectivity index (χ4v) is 2.83. The lowest BCUT2D eigenvalue weighted by Crippen LogP contribution is -2.01. The Balaban J connectivity index is 0.000000861. The zero-order valence-corrected chi connectivity index (χ0v) is 12.1. The van der Waals surface area contributed by atoms with E-state index in [9.17, 15) is 8.42 Å². The van der Waals surface area contributed by atoms with Gasteiger partial charge in [-0.1, -0.05) is 35.4 Å². The van der Waals surface area contributed by atoms with Crippen LogP contribution in [0.25, 0.3) is 0 Å². The molecule has 0 heterocycles. The molecule has 0 aliphatic heterocycles. The fraction of sp³-hybridized carbons (Fsp3) is 0.125. The summed E-state index contributed by atoms with van der Waals surface area (Å²) in [6.07, 6.45) is 0. The van der Waals surface area contributed by atoms with E-state index in [-0.39, 0.29) is 0 Å². The van der Waals surface area contributed by atoms with Crippen LogP contribution in [-0.2, 0) is 9.84 Å². The highest BCUT2D eigenvalue weighted by atomic mass is 32.2. The van der Waals surface area contributed by atoms with E-state index in [2.05, 4.69) is 13.2 Å². The van der Waals surface area contributed by atoms with Crippen LogP contribution < -0.4 is 0 Å². The Kier molecular flexibility index (Phi) is 5.07. The maximum atomic E-state index is 12.3. The van der Waals surface area contributed by atoms with Crippen molar-refractivity contribution in [3.63, 3.8) is 0 Å². The molecule has 0 spiro atoms. The standard InChI is InChI=1S/C14H14O2S.C2H4/c1-11-3-7-13(8-4-11)17(15,16)14-9-5-12(2)6-10-14;1-2/h3-10H,1-2H3;1-2H2. The molecule has 2 aromatic carbocycles. The highest BCUT2D eigenvalue weighted by molar-refractivity contribution is 7.91. The third kappa shape index (κ3) is 3.55. The van der Waals surface area contributed by atoms with Gasteiger partial charge in [-0.15, -0.1) is 13.2 Å². The van der Waals surface area contributed by atoms with E-state index in [0.29, 0.717) is 9.79 Å². The van der Waals surface area contributed by atoms with Crippen molar-refractivity contribution in [3.8, 4) is 0 Å². The van der Waals surface area contributed by atoms with Crippen LogP contribution in [0.2, 0.25) is 0 Å². The highest BCUT2D eigenvalue weighted by Gasteiger charge is 2.16. The number of benzene rings is 2. The second-order valence-corrected chi connectivity index (χ2v) is 6.08. The molecule has 0 bridgehead atoms. The fourth-order valence-electron chi connectivity index (χ4n) is 1.57. The Morgan fingerprint density at radius 2 is 0.947 bits per heavy atom. The molecule has 0 saturated carbocycles. The van der Waals surface area contributed by atoms with Gasteiger partial charge in [-0.05, 0) is 38.1 Å². The first-order valence-electron chi connectivity index (χ1n) is 5.88. The minimum atomic E-state index is -3.37. The summed E-state index contributed by atoms with van der Waals surface area (Å²) in [5.74, 6) is 0. The van der Waals surface area contributed by atoms with Crippen molar-refractivity contribution in [2.45, 2.75) is 23.6 Å². The van der Waals surface area contributed by atoms with Gasteiger partial charge in [-0.25, -0.2) is 8.42 Å². The van der Waals surface area contributed by atoms with Crippen molar-refractivity contribution in [1.29, 1.82) is 0 Å². The minimum absolute atomic E-state index is 0.340. The summed E-state index contributed by atoms with van der Waals surface area (Å²) in [5, 5.41) is 0. The van der Waals surface area contributed by atoms with Gasteiger partial charge in [0.05, 0.1) is 9.79 Å². The minimum Gasteiger partial charge on any atom is -0.219 e.